The number of nitrogens with zero attached hydrogens (tertiary/aromatic N) is 4. The molecule has 3 aromatic carbocycles. The molecule has 0 aliphatic rings. The molecule has 1 amide bonds. The molecule has 0 atom stereocenters. The van der Waals surface area contributed by atoms with Crippen LogP contribution in [0.25, 0.3) is 22.2 Å². The van der Waals surface area contributed by atoms with E-state index in [-0.39, 0.29) is 5.91 Å². The Kier molecular flexibility index (Phi) is 5.16. The number of amides is 1. The monoisotopic (exact) mass is 435 g/mol. The van der Waals surface area contributed by atoms with Gasteiger partial charge in [-0.3, -0.25) is 9.48 Å². The number of nitrogens with one attached hydrogen (secondary N) is 2. The molecule has 33 heavy (non-hydrogen) atoms. The van der Waals surface area contributed by atoms with E-state index < -0.39 is 0 Å². The Labute approximate surface area is 190 Å². The van der Waals surface area contributed by atoms with Crippen LogP contribution >= 0.6 is 0 Å². The molecule has 0 fully saturated rings. The largest absolute Gasteiger partial charge is 0.399 e. The van der Waals surface area contributed by atoms with Gasteiger partial charge in [0.05, 0.1) is 17.4 Å². The second-order valence-electron chi connectivity index (χ2n) is 7.61. The van der Waals surface area contributed by atoms with Gasteiger partial charge < -0.3 is 16.4 Å². The number of nitrogen functional groups attached to an aromatic ring is 1. The molecule has 0 bridgehead atoms. The smallest absolute Gasteiger partial charge is 0.255 e. The van der Waals surface area contributed by atoms with Crippen LogP contribution in [-0.4, -0.2) is 25.7 Å². The highest BCUT2D eigenvalue weighted by molar-refractivity contribution is 6.04. The lowest BCUT2D eigenvalue weighted by molar-refractivity contribution is 0.102. The Morgan fingerprint density at radius 3 is 2.61 bits per heavy atom. The minimum Gasteiger partial charge on any atom is -0.399 e. The highest BCUT2D eigenvalue weighted by atomic mass is 16.1. The first-order valence-electron chi connectivity index (χ1n) is 10.3. The summed E-state index contributed by atoms with van der Waals surface area (Å²) in [7, 11) is 1.91. The lowest BCUT2D eigenvalue weighted by Gasteiger charge is -2.10. The van der Waals surface area contributed by atoms with Gasteiger partial charge in [-0.05, 0) is 48.5 Å². The van der Waals surface area contributed by atoms with E-state index in [1.165, 1.54) is 6.33 Å². The predicted octanol–water partition coefficient (Wildman–Crippen LogP) is 4.61. The van der Waals surface area contributed by atoms with E-state index in [1.54, 1.807) is 24.3 Å². The van der Waals surface area contributed by atoms with E-state index >= 15 is 0 Å². The highest BCUT2D eigenvalue weighted by Crippen LogP contribution is 2.25. The maximum atomic E-state index is 12.5. The molecule has 162 valence electrons. The third-order valence-corrected chi connectivity index (χ3v) is 5.28. The van der Waals surface area contributed by atoms with E-state index in [4.69, 9.17) is 5.73 Å². The van der Waals surface area contributed by atoms with Gasteiger partial charge in [-0.1, -0.05) is 18.2 Å². The molecule has 4 N–H and O–H groups in total. The maximum Gasteiger partial charge on any atom is 0.255 e. The third kappa shape index (κ3) is 4.35. The fourth-order valence-corrected chi connectivity index (χ4v) is 3.55. The summed E-state index contributed by atoms with van der Waals surface area (Å²) < 4.78 is 1.84. The second-order valence-corrected chi connectivity index (χ2v) is 7.61. The first-order chi connectivity index (χ1) is 16.0. The average molecular weight is 435 g/mol. The van der Waals surface area contributed by atoms with Gasteiger partial charge in [0.15, 0.2) is 0 Å². The fourth-order valence-electron chi connectivity index (χ4n) is 3.55. The number of nitrogens with two attached hydrogens (primary N) is 1. The molecule has 2 aromatic heterocycles. The van der Waals surface area contributed by atoms with Gasteiger partial charge in [0.1, 0.15) is 12.1 Å². The second kappa shape index (κ2) is 8.43. The summed E-state index contributed by atoms with van der Waals surface area (Å²) in [5.41, 5.74) is 11.1. The quantitative estimate of drug-likeness (QED) is 0.348. The van der Waals surface area contributed by atoms with E-state index in [2.05, 4.69) is 31.8 Å². The number of carbonyl (C=O) groups excluding carboxylic acids is 1. The molecule has 5 rings (SSSR count). The van der Waals surface area contributed by atoms with Crippen molar-refractivity contribution in [3.05, 3.63) is 90.9 Å². The molecule has 5 aromatic rings. The molecule has 8 heteroatoms. The zero-order valence-electron chi connectivity index (χ0n) is 17.9. The van der Waals surface area contributed by atoms with Crippen LogP contribution in [0.3, 0.4) is 0 Å². The number of aromatic nitrogens is 4. The normalized spacial score (nSPS) is 10.8. The Hall–Kier alpha value is -4.72. The summed E-state index contributed by atoms with van der Waals surface area (Å²) in [6.45, 7) is 0. The molecule has 0 aliphatic heterocycles. The molecule has 0 unspecified atom stereocenters. The zero-order valence-corrected chi connectivity index (χ0v) is 17.9. The molecule has 0 saturated carbocycles. The number of fused-ring (bicyclic) bond motifs is 1. The van der Waals surface area contributed by atoms with Crippen molar-refractivity contribution in [2.75, 3.05) is 16.4 Å². The summed E-state index contributed by atoms with van der Waals surface area (Å²) >= 11 is 0. The number of anilines is 4. The summed E-state index contributed by atoms with van der Waals surface area (Å²) in [4.78, 5) is 21.3. The van der Waals surface area contributed by atoms with Crippen LogP contribution in [-0.2, 0) is 7.05 Å². The van der Waals surface area contributed by atoms with Gasteiger partial charge in [-0.2, -0.15) is 5.10 Å². The lowest BCUT2D eigenvalue weighted by atomic mass is 10.1. The fraction of sp³-hybridized carbons (Fsp3) is 0.0400. The Bertz CT molecular complexity index is 1460. The Balaban J connectivity index is 1.34. The number of carbonyl (C=O) groups is 1. The standard InChI is InChI=1S/C25H21N7O/c1-32-23-11-17(5-6-18(23)14-29-32)22-13-24(28-15-27-22)30-20-3-2-4-21(12-20)31-25(33)16-7-9-19(26)10-8-16/h2-15H,26H2,1H3,(H,31,33)(H,27,28,30). The number of benzene rings is 3. The predicted molar refractivity (Wildman–Crippen MR) is 130 cm³/mol. The third-order valence-electron chi connectivity index (χ3n) is 5.28. The van der Waals surface area contributed by atoms with Crippen molar-refractivity contribution in [2.24, 2.45) is 7.05 Å². The van der Waals surface area contributed by atoms with Crippen LogP contribution in [0.5, 0.6) is 0 Å². The average Bonchev–Trinajstić information content (AvgIpc) is 3.20. The molecule has 2 heterocycles. The van der Waals surface area contributed by atoms with E-state index in [9.17, 15) is 4.79 Å². The van der Waals surface area contributed by atoms with Crippen molar-refractivity contribution < 1.29 is 4.79 Å². The topological polar surface area (TPSA) is 111 Å². The molecule has 0 aliphatic carbocycles. The van der Waals surface area contributed by atoms with Gasteiger partial charge in [-0.15, -0.1) is 0 Å². The van der Waals surface area contributed by atoms with Crippen LogP contribution in [0.2, 0.25) is 0 Å². The van der Waals surface area contributed by atoms with E-state index in [0.717, 1.165) is 27.8 Å². The first kappa shape index (κ1) is 20.2. The van der Waals surface area contributed by atoms with Gasteiger partial charge in [0.2, 0.25) is 0 Å². The number of hydrogen-bond donors (Lipinski definition) is 3. The van der Waals surface area contributed by atoms with Crippen molar-refractivity contribution in [3.8, 4) is 11.3 Å². The van der Waals surface area contributed by atoms with Gasteiger partial charge >= 0.3 is 0 Å². The summed E-state index contributed by atoms with van der Waals surface area (Å²) in [6, 6.07) is 22.2. The van der Waals surface area contributed by atoms with Crippen LogP contribution in [0.4, 0.5) is 22.9 Å². The summed E-state index contributed by atoms with van der Waals surface area (Å²) in [5.74, 6) is 0.439. The Morgan fingerprint density at radius 2 is 1.76 bits per heavy atom. The molecular formula is C25H21N7O. The van der Waals surface area contributed by atoms with Crippen molar-refractivity contribution >= 4 is 39.7 Å². The highest BCUT2D eigenvalue weighted by Gasteiger charge is 2.08. The SMILES string of the molecule is Cn1ncc2ccc(-c3cc(Nc4cccc(NC(=O)c5ccc(N)cc5)c4)ncn3)cc21. The maximum absolute atomic E-state index is 12.5. The van der Waals surface area contributed by atoms with Crippen LogP contribution in [0.15, 0.2) is 85.3 Å². The van der Waals surface area contributed by atoms with Crippen molar-refractivity contribution in [3.63, 3.8) is 0 Å². The molecule has 0 radical (unpaired) electrons. The molecule has 0 saturated heterocycles. The number of aryl methyl sites for hydroxylation is 1. The van der Waals surface area contributed by atoms with Crippen LogP contribution in [0.1, 0.15) is 10.4 Å². The minimum atomic E-state index is -0.206. The minimum absolute atomic E-state index is 0.206. The molecule has 8 nitrogen and oxygen atoms in total. The summed E-state index contributed by atoms with van der Waals surface area (Å²) in [5, 5.41) is 11.5. The van der Waals surface area contributed by atoms with Gasteiger partial charge in [0.25, 0.3) is 5.91 Å². The van der Waals surface area contributed by atoms with Crippen molar-refractivity contribution in [1.82, 2.24) is 19.7 Å². The number of hydrogen-bond acceptors (Lipinski definition) is 6. The lowest BCUT2D eigenvalue weighted by Crippen LogP contribution is -2.11. The van der Waals surface area contributed by atoms with E-state index in [1.807, 2.05) is 60.4 Å². The van der Waals surface area contributed by atoms with E-state index in [0.29, 0.717) is 22.8 Å². The molecular weight excluding hydrogens is 414 g/mol. The Morgan fingerprint density at radius 1 is 0.939 bits per heavy atom. The van der Waals surface area contributed by atoms with Gasteiger partial charge in [0, 0.05) is 46.7 Å². The molecule has 0 spiro atoms. The van der Waals surface area contributed by atoms with Crippen LogP contribution < -0.4 is 16.4 Å². The first-order valence-corrected chi connectivity index (χ1v) is 10.3. The van der Waals surface area contributed by atoms with Gasteiger partial charge in [-0.25, -0.2) is 9.97 Å². The summed E-state index contributed by atoms with van der Waals surface area (Å²) in [6.07, 6.45) is 3.36. The van der Waals surface area contributed by atoms with Crippen LogP contribution in [0, 0.1) is 0 Å². The van der Waals surface area contributed by atoms with Crippen molar-refractivity contribution in [2.45, 2.75) is 0 Å². The zero-order chi connectivity index (χ0) is 22.8. The number of rotatable bonds is 5. The van der Waals surface area contributed by atoms with Crippen molar-refractivity contribution in [1.29, 1.82) is 0 Å².